The minimum absolute atomic E-state index is 0.0670. The molecule has 1 unspecified atom stereocenters. The van der Waals surface area contributed by atoms with Gasteiger partial charge in [0.2, 0.25) is 11.7 Å². The van der Waals surface area contributed by atoms with E-state index in [4.69, 9.17) is 0 Å². The van der Waals surface area contributed by atoms with Crippen LogP contribution in [-0.4, -0.2) is 37.1 Å². The first-order chi connectivity index (χ1) is 15.6. The summed E-state index contributed by atoms with van der Waals surface area (Å²) in [6.07, 6.45) is 1.42. The highest BCUT2D eigenvalue weighted by Gasteiger charge is 2.26. The lowest BCUT2D eigenvalue weighted by atomic mass is 10.0. The molecule has 9 heteroatoms. The standard InChI is InChI=1S/C24H21F3N4O2/c1-13(24(2,3)33)29-23-28-12-15-11-19(21(32)14-7-9-16(25)10-8-14)31(22(15)30-23)20-17(26)5-4-6-18(20)27/h4-13,33H,1-3H3,(H,28,29,30). The van der Waals surface area contributed by atoms with Crippen molar-refractivity contribution in [2.75, 3.05) is 5.32 Å². The predicted octanol–water partition coefficient (Wildman–Crippen LogP) is 4.64. The van der Waals surface area contributed by atoms with Gasteiger partial charge in [0.05, 0.1) is 17.3 Å². The van der Waals surface area contributed by atoms with Crippen molar-refractivity contribution in [1.29, 1.82) is 0 Å². The second-order valence-corrected chi connectivity index (χ2v) is 8.26. The number of hydrogen-bond donors (Lipinski definition) is 2. The van der Waals surface area contributed by atoms with E-state index in [1.54, 1.807) is 20.8 Å². The number of carbonyl (C=O) groups excluding carboxylic acids is 1. The SMILES string of the molecule is CC(Nc1ncc2cc(C(=O)c3ccc(F)cc3)n(-c3c(F)cccc3F)c2n1)C(C)(C)O. The molecule has 0 aliphatic rings. The van der Waals surface area contributed by atoms with E-state index in [-0.39, 0.29) is 22.9 Å². The van der Waals surface area contributed by atoms with Crippen LogP contribution in [0.3, 0.4) is 0 Å². The number of nitrogens with one attached hydrogen (secondary N) is 1. The molecule has 4 rings (SSSR count). The van der Waals surface area contributed by atoms with E-state index in [1.165, 1.54) is 30.5 Å². The number of carbonyl (C=O) groups is 1. The Labute approximate surface area is 187 Å². The van der Waals surface area contributed by atoms with Crippen molar-refractivity contribution in [2.24, 2.45) is 0 Å². The maximum Gasteiger partial charge on any atom is 0.224 e. The van der Waals surface area contributed by atoms with Crippen LogP contribution in [0.2, 0.25) is 0 Å². The number of fused-ring (bicyclic) bond motifs is 1. The average molecular weight is 454 g/mol. The van der Waals surface area contributed by atoms with Crippen LogP contribution in [-0.2, 0) is 0 Å². The molecular weight excluding hydrogens is 433 g/mol. The Morgan fingerprint density at radius 3 is 2.33 bits per heavy atom. The summed E-state index contributed by atoms with van der Waals surface area (Å²) >= 11 is 0. The van der Waals surface area contributed by atoms with Gasteiger partial charge in [-0.15, -0.1) is 0 Å². The number of nitrogens with zero attached hydrogens (tertiary/aromatic N) is 3. The second-order valence-electron chi connectivity index (χ2n) is 8.26. The van der Waals surface area contributed by atoms with Gasteiger partial charge in [-0.1, -0.05) is 6.07 Å². The summed E-state index contributed by atoms with van der Waals surface area (Å²) in [5, 5.41) is 13.5. The fourth-order valence-corrected chi connectivity index (χ4v) is 3.27. The summed E-state index contributed by atoms with van der Waals surface area (Å²) < 4.78 is 44.0. The molecule has 2 aromatic heterocycles. The molecule has 1 atom stereocenters. The van der Waals surface area contributed by atoms with Crippen molar-refractivity contribution in [3.63, 3.8) is 0 Å². The van der Waals surface area contributed by atoms with E-state index in [1.807, 2.05) is 0 Å². The fourth-order valence-electron chi connectivity index (χ4n) is 3.27. The molecule has 0 spiro atoms. The number of aromatic nitrogens is 3. The maximum atomic E-state index is 14.8. The van der Waals surface area contributed by atoms with Crippen molar-refractivity contribution >= 4 is 22.8 Å². The van der Waals surface area contributed by atoms with E-state index >= 15 is 0 Å². The van der Waals surface area contributed by atoms with Gasteiger partial charge in [-0.05, 0) is 63.2 Å². The van der Waals surface area contributed by atoms with Gasteiger partial charge in [-0.2, -0.15) is 4.98 Å². The van der Waals surface area contributed by atoms with Crippen LogP contribution in [0.25, 0.3) is 16.7 Å². The Balaban J connectivity index is 1.94. The first-order valence-electron chi connectivity index (χ1n) is 10.2. The molecule has 0 aliphatic carbocycles. The number of hydrogen-bond acceptors (Lipinski definition) is 5. The molecule has 0 aliphatic heterocycles. The largest absolute Gasteiger partial charge is 0.388 e. The molecule has 2 N–H and O–H groups in total. The van der Waals surface area contributed by atoms with Gasteiger partial charge in [0.15, 0.2) is 5.65 Å². The first-order valence-corrected chi connectivity index (χ1v) is 10.2. The minimum Gasteiger partial charge on any atom is -0.388 e. The summed E-state index contributed by atoms with van der Waals surface area (Å²) in [4.78, 5) is 21.8. The fraction of sp³-hybridized carbons (Fsp3) is 0.208. The van der Waals surface area contributed by atoms with E-state index in [0.717, 1.165) is 28.8 Å². The topological polar surface area (TPSA) is 80.0 Å². The van der Waals surface area contributed by atoms with Crippen molar-refractivity contribution in [1.82, 2.24) is 14.5 Å². The zero-order chi connectivity index (χ0) is 23.9. The Bertz CT molecular complexity index is 1320. The Morgan fingerprint density at radius 2 is 1.73 bits per heavy atom. The number of para-hydroxylation sites is 1. The molecule has 33 heavy (non-hydrogen) atoms. The smallest absolute Gasteiger partial charge is 0.224 e. The quantitative estimate of drug-likeness (QED) is 0.415. The van der Waals surface area contributed by atoms with Crippen molar-refractivity contribution in [3.05, 3.63) is 83.4 Å². The monoisotopic (exact) mass is 454 g/mol. The summed E-state index contributed by atoms with van der Waals surface area (Å²) in [5.41, 5.74) is -1.41. The van der Waals surface area contributed by atoms with Crippen molar-refractivity contribution in [3.8, 4) is 5.69 Å². The first kappa shape index (κ1) is 22.5. The number of ketones is 1. The van der Waals surface area contributed by atoms with E-state index in [9.17, 15) is 23.1 Å². The molecule has 6 nitrogen and oxygen atoms in total. The van der Waals surface area contributed by atoms with Crippen molar-refractivity contribution in [2.45, 2.75) is 32.4 Å². The van der Waals surface area contributed by atoms with Gasteiger partial charge in [0.1, 0.15) is 23.1 Å². The highest BCUT2D eigenvalue weighted by Crippen LogP contribution is 2.29. The Kier molecular flexibility index (Phi) is 5.67. The van der Waals surface area contributed by atoms with Gasteiger partial charge in [-0.25, -0.2) is 18.2 Å². The summed E-state index contributed by atoms with van der Waals surface area (Å²) in [5.74, 6) is -2.77. The third kappa shape index (κ3) is 4.31. The second kappa shape index (κ2) is 8.32. The number of anilines is 1. The molecule has 0 saturated carbocycles. The Hall–Kier alpha value is -3.72. The number of halogens is 3. The number of aliphatic hydroxyl groups is 1. The Morgan fingerprint density at radius 1 is 1.09 bits per heavy atom. The predicted molar refractivity (Wildman–Crippen MR) is 118 cm³/mol. The van der Waals surface area contributed by atoms with E-state index in [2.05, 4.69) is 15.3 Å². The third-order valence-corrected chi connectivity index (χ3v) is 5.45. The molecule has 0 radical (unpaired) electrons. The third-order valence-electron chi connectivity index (χ3n) is 5.45. The maximum absolute atomic E-state index is 14.8. The molecule has 0 bridgehead atoms. The summed E-state index contributed by atoms with van der Waals surface area (Å²) in [7, 11) is 0. The summed E-state index contributed by atoms with van der Waals surface area (Å²) in [6, 6.07) is 9.18. The normalized spacial score (nSPS) is 12.7. The van der Waals surface area contributed by atoms with Gasteiger partial charge in [0, 0.05) is 17.1 Å². The molecule has 2 heterocycles. The zero-order valence-electron chi connectivity index (χ0n) is 18.1. The van der Waals surface area contributed by atoms with Crippen LogP contribution in [0, 0.1) is 17.5 Å². The van der Waals surface area contributed by atoms with E-state index < -0.39 is 40.6 Å². The van der Waals surface area contributed by atoms with Gasteiger partial charge in [0.25, 0.3) is 0 Å². The van der Waals surface area contributed by atoms with Crippen molar-refractivity contribution < 1.29 is 23.1 Å². The molecule has 4 aromatic rings. The molecule has 0 saturated heterocycles. The number of benzene rings is 2. The molecule has 0 fully saturated rings. The van der Waals surface area contributed by atoms with Crippen LogP contribution in [0.15, 0.2) is 54.7 Å². The van der Waals surface area contributed by atoms with Crippen LogP contribution < -0.4 is 5.32 Å². The molecular formula is C24H21F3N4O2. The van der Waals surface area contributed by atoms with Gasteiger partial charge in [-0.3, -0.25) is 9.36 Å². The average Bonchev–Trinajstić information content (AvgIpc) is 3.11. The van der Waals surface area contributed by atoms with Crippen LogP contribution in [0.5, 0.6) is 0 Å². The van der Waals surface area contributed by atoms with Crippen LogP contribution in [0.4, 0.5) is 19.1 Å². The molecule has 0 amide bonds. The van der Waals surface area contributed by atoms with Crippen LogP contribution >= 0.6 is 0 Å². The number of rotatable bonds is 6. The highest BCUT2D eigenvalue weighted by atomic mass is 19.1. The minimum atomic E-state index is -1.10. The highest BCUT2D eigenvalue weighted by molar-refractivity contribution is 6.10. The molecule has 170 valence electrons. The zero-order valence-corrected chi connectivity index (χ0v) is 18.1. The molecule has 2 aromatic carbocycles. The lowest BCUT2D eigenvalue weighted by Gasteiger charge is -2.26. The lowest BCUT2D eigenvalue weighted by molar-refractivity contribution is 0.0646. The summed E-state index contributed by atoms with van der Waals surface area (Å²) in [6.45, 7) is 4.95. The lowest BCUT2D eigenvalue weighted by Crippen LogP contribution is -2.39. The van der Waals surface area contributed by atoms with Gasteiger partial charge < -0.3 is 10.4 Å². The van der Waals surface area contributed by atoms with Gasteiger partial charge >= 0.3 is 0 Å². The van der Waals surface area contributed by atoms with E-state index in [0.29, 0.717) is 5.39 Å². The van der Waals surface area contributed by atoms with Crippen LogP contribution in [0.1, 0.15) is 36.8 Å².